The Bertz CT molecular complexity index is 196. The summed E-state index contributed by atoms with van der Waals surface area (Å²) < 4.78 is 36.9. The predicted octanol–water partition coefficient (Wildman–Crippen LogP) is 0.392. The molecule has 0 aromatic rings. The summed E-state index contributed by atoms with van der Waals surface area (Å²) in [5.41, 5.74) is -2.41. The monoisotopic (exact) mass is 200 g/mol. The Labute approximate surface area is 72.8 Å². The zero-order valence-electron chi connectivity index (χ0n) is 6.80. The second-order valence-corrected chi connectivity index (χ2v) is 3.37. The molecule has 0 atom stereocenters. The largest absolute Gasteiger partial charge is 0.399 e. The molecule has 0 heterocycles. The Kier molecular flexibility index (Phi) is 2.34. The highest BCUT2D eigenvalue weighted by Crippen LogP contribution is 2.63. The minimum Gasteiger partial charge on any atom is -0.396 e. The van der Waals surface area contributed by atoms with Crippen molar-refractivity contribution in [3.8, 4) is 0 Å². The average Bonchev–Trinajstić information content (AvgIpc) is 2.61. The lowest BCUT2D eigenvalue weighted by atomic mass is 9.92. The Morgan fingerprint density at radius 2 is 1.62 bits per heavy atom. The van der Waals surface area contributed by atoms with Gasteiger partial charge < -0.3 is 15.3 Å². The lowest BCUT2D eigenvalue weighted by Gasteiger charge is -2.32. The maximum Gasteiger partial charge on any atom is 0.399 e. The van der Waals surface area contributed by atoms with Crippen molar-refractivity contribution in [3.05, 3.63) is 0 Å². The molecule has 3 nitrogen and oxygen atoms in total. The molecular formula is C7H11F3O3. The molecule has 0 unspecified atom stereocenters. The summed E-state index contributed by atoms with van der Waals surface area (Å²) in [6.07, 6.45) is -5.87. The number of aliphatic hydroxyl groups excluding tert-OH is 1. The fourth-order valence-corrected chi connectivity index (χ4v) is 1.43. The first kappa shape index (κ1) is 10.7. The second kappa shape index (κ2) is 2.83. The molecule has 0 radical (unpaired) electrons. The lowest BCUT2D eigenvalue weighted by Crippen LogP contribution is -2.48. The Balaban J connectivity index is 2.81. The normalized spacial score (nSPS) is 21.7. The van der Waals surface area contributed by atoms with Crippen LogP contribution in [0.4, 0.5) is 13.2 Å². The first-order valence-corrected chi connectivity index (χ1v) is 3.89. The molecule has 13 heavy (non-hydrogen) atoms. The van der Waals surface area contributed by atoms with Crippen LogP contribution in [0.5, 0.6) is 0 Å². The summed E-state index contributed by atoms with van der Waals surface area (Å²) >= 11 is 0. The molecule has 1 rings (SSSR count). The zero-order valence-corrected chi connectivity index (χ0v) is 6.80. The van der Waals surface area contributed by atoms with Gasteiger partial charge >= 0.3 is 6.18 Å². The molecule has 3 N–H and O–H groups in total. The van der Waals surface area contributed by atoms with Crippen molar-refractivity contribution in [2.24, 2.45) is 5.41 Å². The van der Waals surface area contributed by atoms with Crippen molar-refractivity contribution < 1.29 is 28.5 Å². The summed E-state index contributed by atoms with van der Waals surface area (Å²) in [5, 5.41) is 26.6. The van der Waals surface area contributed by atoms with Crippen LogP contribution < -0.4 is 0 Å². The van der Waals surface area contributed by atoms with Crippen molar-refractivity contribution in [2.45, 2.75) is 31.2 Å². The molecule has 1 saturated carbocycles. The molecule has 0 spiro atoms. The molecule has 0 amide bonds. The van der Waals surface area contributed by atoms with Gasteiger partial charge in [-0.3, -0.25) is 0 Å². The highest BCUT2D eigenvalue weighted by molar-refractivity contribution is 5.07. The molecule has 6 heteroatoms. The summed E-state index contributed by atoms with van der Waals surface area (Å²) in [5.74, 6) is -2.83. The van der Waals surface area contributed by atoms with E-state index in [2.05, 4.69) is 0 Å². The SMILES string of the molecule is OCCC(O)(O)C1(C(F)(F)F)CC1. The standard InChI is InChI=1S/C7H11F3O3/c8-7(9,10)5(1-2-5)6(12,13)3-4-11/h11-13H,1-4H2. The molecule has 1 aliphatic rings. The quantitative estimate of drug-likeness (QED) is 0.577. The Hall–Kier alpha value is -0.330. The van der Waals surface area contributed by atoms with Crippen molar-refractivity contribution >= 4 is 0 Å². The highest BCUT2D eigenvalue weighted by Gasteiger charge is 2.73. The third kappa shape index (κ3) is 1.53. The molecule has 0 aromatic carbocycles. The van der Waals surface area contributed by atoms with Crippen LogP contribution in [0.2, 0.25) is 0 Å². The van der Waals surface area contributed by atoms with Gasteiger partial charge in [0.2, 0.25) is 0 Å². The van der Waals surface area contributed by atoms with Gasteiger partial charge in [-0.2, -0.15) is 13.2 Å². The molecule has 1 aliphatic carbocycles. The van der Waals surface area contributed by atoms with Crippen LogP contribution in [-0.2, 0) is 0 Å². The molecular weight excluding hydrogens is 189 g/mol. The molecule has 1 fully saturated rings. The van der Waals surface area contributed by atoms with E-state index in [1.54, 1.807) is 0 Å². The van der Waals surface area contributed by atoms with Crippen LogP contribution in [0, 0.1) is 5.41 Å². The fraction of sp³-hybridized carbons (Fsp3) is 1.00. The number of alkyl halides is 3. The van der Waals surface area contributed by atoms with E-state index in [-0.39, 0.29) is 12.8 Å². The molecule has 0 aromatic heterocycles. The highest BCUT2D eigenvalue weighted by atomic mass is 19.4. The van der Waals surface area contributed by atoms with Gasteiger partial charge in [0, 0.05) is 13.0 Å². The van der Waals surface area contributed by atoms with Crippen LogP contribution in [-0.4, -0.2) is 33.9 Å². The van der Waals surface area contributed by atoms with Crippen LogP contribution in [0.15, 0.2) is 0 Å². The van der Waals surface area contributed by atoms with Crippen molar-refractivity contribution in [1.29, 1.82) is 0 Å². The summed E-state index contributed by atoms with van der Waals surface area (Å²) in [6, 6.07) is 0. The topological polar surface area (TPSA) is 60.7 Å². The van der Waals surface area contributed by atoms with Gasteiger partial charge in [-0.05, 0) is 12.8 Å². The maximum atomic E-state index is 12.3. The van der Waals surface area contributed by atoms with Crippen LogP contribution in [0.3, 0.4) is 0 Å². The van der Waals surface area contributed by atoms with Crippen LogP contribution >= 0.6 is 0 Å². The molecule has 0 bridgehead atoms. The van der Waals surface area contributed by atoms with Gasteiger partial charge in [-0.15, -0.1) is 0 Å². The Morgan fingerprint density at radius 3 is 1.85 bits per heavy atom. The number of halogens is 3. The van der Waals surface area contributed by atoms with E-state index in [0.29, 0.717) is 0 Å². The predicted molar refractivity (Wildman–Crippen MR) is 36.6 cm³/mol. The van der Waals surface area contributed by atoms with Gasteiger partial charge in [-0.25, -0.2) is 0 Å². The summed E-state index contributed by atoms with van der Waals surface area (Å²) in [7, 11) is 0. The van der Waals surface area contributed by atoms with Gasteiger partial charge in [0.25, 0.3) is 0 Å². The fourth-order valence-electron chi connectivity index (χ4n) is 1.43. The van der Waals surface area contributed by atoms with Crippen molar-refractivity contribution in [3.63, 3.8) is 0 Å². The van der Waals surface area contributed by atoms with Gasteiger partial charge in [0.05, 0.1) is 0 Å². The molecule has 0 aliphatic heterocycles. The van der Waals surface area contributed by atoms with E-state index in [0.717, 1.165) is 0 Å². The van der Waals surface area contributed by atoms with E-state index in [1.165, 1.54) is 0 Å². The zero-order chi connectivity index (χ0) is 10.3. The minimum absolute atomic E-state index is 0.288. The molecule has 78 valence electrons. The van der Waals surface area contributed by atoms with Gasteiger partial charge in [0.15, 0.2) is 5.79 Å². The number of hydrogen-bond donors (Lipinski definition) is 3. The van der Waals surface area contributed by atoms with E-state index in [4.69, 9.17) is 15.3 Å². The number of aliphatic hydroxyl groups is 3. The van der Waals surface area contributed by atoms with Gasteiger partial charge in [0.1, 0.15) is 5.41 Å². The smallest absolute Gasteiger partial charge is 0.396 e. The third-order valence-corrected chi connectivity index (χ3v) is 2.52. The van der Waals surface area contributed by atoms with E-state index < -0.39 is 30.4 Å². The molecule has 0 saturated heterocycles. The van der Waals surface area contributed by atoms with E-state index in [9.17, 15) is 13.2 Å². The number of rotatable bonds is 3. The first-order chi connectivity index (χ1) is 5.77. The third-order valence-electron chi connectivity index (χ3n) is 2.52. The minimum atomic E-state index is -4.62. The van der Waals surface area contributed by atoms with Crippen molar-refractivity contribution in [2.75, 3.05) is 6.61 Å². The van der Waals surface area contributed by atoms with E-state index in [1.807, 2.05) is 0 Å². The summed E-state index contributed by atoms with van der Waals surface area (Å²) in [4.78, 5) is 0. The van der Waals surface area contributed by atoms with Crippen molar-refractivity contribution in [1.82, 2.24) is 0 Å². The van der Waals surface area contributed by atoms with Crippen LogP contribution in [0.1, 0.15) is 19.3 Å². The second-order valence-electron chi connectivity index (χ2n) is 3.37. The maximum absolute atomic E-state index is 12.3. The van der Waals surface area contributed by atoms with Gasteiger partial charge in [-0.1, -0.05) is 0 Å². The number of hydrogen-bond acceptors (Lipinski definition) is 3. The summed E-state index contributed by atoms with van der Waals surface area (Å²) in [6.45, 7) is -0.676. The lowest BCUT2D eigenvalue weighted by molar-refractivity contribution is -0.312. The van der Waals surface area contributed by atoms with E-state index >= 15 is 0 Å². The average molecular weight is 200 g/mol. The first-order valence-electron chi connectivity index (χ1n) is 3.89. The van der Waals surface area contributed by atoms with Crippen LogP contribution in [0.25, 0.3) is 0 Å². The Morgan fingerprint density at radius 1 is 1.15 bits per heavy atom.